The molecule has 0 saturated heterocycles. The van der Waals surface area contributed by atoms with Gasteiger partial charge in [0.15, 0.2) is 0 Å². The molecule has 3 aromatic heterocycles. The summed E-state index contributed by atoms with van der Waals surface area (Å²) in [7, 11) is 1.81. The number of carbonyl (C=O) groups is 1. The fraction of sp³-hybridized carbons (Fsp3) is 0.214. The Labute approximate surface area is 185 Å². The van der Waals surface area contributed by atoms with Gasteiger partial charge in [0.25, 0.3) is 0 Å². The van der Waals surface area contributed by atoms with Gasteiger partial charge in [-0.15, -0.1) is 11.3 Å². The van der Waals surface area contributed by atoms with E-state index in [-0.39, 0.29) is 58.2 Å². The number of amides is 1. The summed E-state index contributed by atoms with van der Waals surface area (Å²) >= 11 is 7.53. The molecular formula is C14H12ClN4ORbS. The number of hydrogen-bond acceptors (Lipinski definition) is 4. The second-order valence-corrected chi connectivity index (χ2v) is 6.23. The summed E-state index contributed by atoms with van der Waals surface area (Å²) in [6, 6.07) is 0. The number of nitrogens with zero attached hydrogens (tertiary/aromatic N) is 3. The van der Waals surface area contributed by atoms with Crippen molar-refractivity contribution in [3.05, 3.63) is 39.3 Å². The third kappa shape index (κ3) is 2.97. The molecule has 0 spiro atoms. The smallest absolute Gasteiger partial charge is 0.663 e. The average molecular weight is 405 g/mol. The number of carbonyl (C=O) groups excluding carboxylic acids is 1. The van der Waals surface area contributed by atoms with Crippen LogP contribution in [0, 0.1) is 13.8 Å². The molecule has 3 rings (SSSR count). The van der Waals surface area contributed by atoms with Crippen molar-refractivity contribution in [2.24, 2.45) is 7.05 Å². The maximum absolute atomic E-state index is 11.7. The van der Waals surface area contributed by atoms with Crippen LogP contribution in [0.5, 0.6) is 0 Å². The van der Waals surface area contributed by atoms with E-state index in [0.717, 1.165) is 27.0 Å². The summed E-state index contributed by atoms with van der Waals surface area (Å²) in [5.41, 5.74) is 10.6. The molecule has 0 saturated carbocycles. The van der Waals surface area contributed by atoms with Crippen LogP contribution < -0.4 is 58.2 Å². The van der Waals surface area contributed by atoms with Crippen LogP contribution in [0.15, 0.2) is 12.4 Å². The number of thiophene rings is 1. The van der Waals surface area contributed by atoms with Gasteiger partial charge in [-0.2, -0.15) is 5.10 Å². The predicted molar refractivity (Wildman–Crippen MR) is 85.0 cm³/mol. The van der Waals surface area contributed by atoms with Crippen molar-refractivity contribution in [1.29, 1.82) is 0 Å². The summed E-state index contributed by atoms with van der Waals surface area (Å²) in [5, 5.41) is 5.57. The normalized spacial score (nSPS) is 10.7. The molecule has 0 aliphatic rings. The van der Waals surface area contributed by atoms with E-state index in [2.05, 4.69) is 10.1 Å². The first-order valence-corrected chi connectivity index (χ1v) is 7.43. The third-order valence-electron chi connectivity index (χ3n) is 3.38. The van der Waals surface area contributed by atoms with Gasteiger partial charge in [-0.05, 0) is 19.4 Å². The van der Waals surface area contributed by atoms with Gasteiger partial charge < -0.3 is 10.5 Å². The van der Waals surface area contributed by atoms with Crippen LogP contribution in [-0.2, 0) is 7.05 Å². The summed E-state index contributed by atoms with van der Waals surface area (Å²) in [6.07, 6.45) is 3.50. The summed E-state index contributed by atoms with van der Waals surface area (Å²) in [6.45, 7) is 3.74. The van der Waals surface area contributed by atoms with Crippen LogP contribution >= 0.6 is 22.9 Å². The number of hydrogen-bond donors (Lipinski definition) is 0. The monoisotopic (exact) mass is 404 g/mol. The Kier molecular flexibility index (Phi) is 5.62. The zero-order valence-corrected chi connectivity index (χ0v) is 19.2. The van der Waals surface area contributed by atoms with Crippen molar-refractivity contribution in [2.75, 3.05) is 0 Å². The minimum Gasteiger partial charge on any atom is -0.663 e. The van der Waals surface area contributed by atoms with Gasteiger partial charge in [-0.3, -0.25) is 4.68 Å². The van der Waals surface area contributed by atoms with Crippen molar-refractivity contribution >= 4 is 39.1 Å². The quantitative estimate of drug-likeness (QED) is 0.643. The number of aryl methyl sites for hydroxylation is 3. The van der Waals surface area contributed by atoms with E-state index in [0.29, 0.717) is 15.5 Å². The molecule has 0 aliphatic heterocycles. The number of pyridine rings is 1. The number of fused-ring (bicyclic) bond motifs is 1. The first-order valence-electron chi connectivity index (χ1n) is 6.24. The van der Waals surface area contributed by atoms with Crippen LogP contribution in [0.25, 0.3) is 27.1 Å². The van der Waals surface area contributed by atoms with Crippen LogP contribution in [0.3, 0.4) is 0 Å². The first-order chi connectivity index (χ1) is 9.90. The number of halogens is 1. The molecule has 8 heteroatoms. The molecule has 0 aliphatic carbocycles. The zero-order chi connectivity index (χ0) is 15.3. The van der Waals surface area contributed by atoms with Crippen LogP contribution in [0.1, 0.15) is 20.9 Å². The maximum Gasteiger partial charge on any atom is 1.00 e. The first kappa shape index (κ1) is 18.2. The van der Waals surface area contributed by atoms with Gasteiger partial charge in [0.1, 0.15) is 4.83 Å². The van der Waals surface area contributed by atoms with E-state index in [1.807, 2.05) is 27.1 Å². The second-order valence-electron chi connectivity index (χ2n) is 4.85. The molecule has 3 aromatic rings. The Bertz CT molecular complexity index is 887. The topological polar surface area (TPSA) is 71.6 Å². The molecule has 22 heavy (non-hydrogen) atoms. The molecule has 5 nitrogen and oxygen atoms in total. The van der Waals surface area contributed by atoms with Crippen molar-refractivity contribution in [3.8, 4) is 11.1 Å². The molecular weight excluding hydrogens is 393 g/mol. The molecule has 1 amide bonds. The van der Waals surface area contributed by atoms with E-state index in [1.165, 1.54) is 11.3 Å². The van der Waals surface area contributed by atoms with Gasteiger partial charge in [-0.25, -0.2) is 4.98 Å². The third-order valence-corrected chi connectivity index (χ3v) is 5.02. The molecule has 1 N–H and O–H groups in total. The van der Waals surface area contributed by atoms with Crippen molar-refractivity contribution in [3.63, 3.8) is 0 Å². The Morgan fingerprint density at radius 1 is 1.41 bits per heavy atom. The Balaban J connectivity index is 0.00000176. The molecule has 3 heterocycles. The largest absolute Gasteiger partial charge is 1.00 e. The Morgan fingerprint density at radius 3 is 2.64 bits per heavy atom. The van der Waals surface area contributed by atoms with Gasteiger partial charge in [0.2, 0.25) is 0 Å². The van der Waals surface area contributed by atoms with E-state index < -0.39 is 5.91 Å². The van der Waals surface area contributed by atoms with Crippen molar-refractivity contribution in [2.45, 2.75) is 13.8 Å². The Morgan fingerprint density at radius 2 is 2.09 bits per heavy atom. The number of rotatable bonds is 2. The summed E-state index contributed by atoms with van der Waals surface area (Å²) in [5.74, 6) is -0.718. The minimum absolute atomic E-state index is 0. The molecule has 0 unspecified atom stereocenters. The van der Waals surface area contributed by atoms with E-state index in [4.69, 9.17) is 17.3 Å². The van der Waals surface area contributed by atoms with Crippen LogP contribution in [0.2, 0.25) is 5.02 Å². The maximum atomic E-state index is 11.7. The van der Waals surface area contributed by atoms with Crippen molar-refractivity contribution in [1.82, 2.24) is 14.8 Å². The molecule has 0 bridgehead atoms. The summed E-state index contributed by atoms with van der Waals surface area (Å²) < 4.78 is 1.66. The van der Waals surface area contributed by atoms with Gasteiger partial charge in [0.05, 0.1) is 27.7 Å². The minimum atomic E-state index is -0.718. The second kappa shape index (κ2) is 6.79. The number of nitrogens with one attached hydrogen (secondary N) is 1. The van der Waals surface area contributed by atoms with E-state index in [9.17, 15) is 4.79 Å². The van der Waals surface area contributed by atoms with Crippen LogP contribution in [-0.4, -0.2) is 20.7 Å². The van der Waals surface area contributed by atoms with E-state index in [1.54, 1.807) is 10.9 Å². The van der Waals surface area contributed by atoms with Gasteiger partial charge in [0, 0.05) is 29.8 Å². The number of aromatic nitrogens is 3. The van der Waals surface area contributed by atoms with Crippen molar-refractivity contribution < 1.29 is 63.0 Å². The molecule has 0 aromatic carbocycles. The van der Waals surface area contributed by atoms with Gasteiger partial charge >= 0.3 is 58.2 Å². The molecule has 0 atom stereocenters. The average Bonchev–Trinajstić information content (AvgIpc) is 2.99. The van der Waals surface area contributed by atoms with E-state index >= 15 is 0 Å². The summed E-state index contributed by atoms with van der Waals surface area (Å²) in [4.78, 5) is 17.2. The standard InChI is InChI=1S/C14H13ClN4OS.Rb/c1-6-9-10(8-4-17-19(3)5-8)12(13(16)20)21-14(9)18-7(2)11(6)15;/h4-5H,1-3H3,(H2,16,20);/q;+1/p-1. The molecule has 0 radical (unpaired) electrons. The fourth-order valence-electron chi connectivity index (χ4n) is 2.41. The molecule has 108 valence electrons. The Hall–Kier alpha value is -0.115. The SMILES string of the molecule is Cc1nc2sc(C([NH-])=O)c(-c3cnn(C)c3)c2c(C)c1Cl.[Rb+]. The fourth-order valence-corrected chi connectivity index (χ4v) is 3.70. The predicted octanol–water partition coefficient (Wildman–Crippen LogP) is 1.16. The van der Waals surface area contributed by atoms with Crippen LogP contribution in [0.4, 0.5) is 0 Å². The van der Waals surface area contributed by atoms with Gasteiger partial charge in [-0.1, -0.05) is 11.6 Å². The zero-order valence-electron chi connectivity index (χ0n) is 12.7. The molecule has 0 fully saturated rings.